The summed E-state index contributed by atoms with van der Waals surface area (Å²) < 4.78 is 47.1. The Bertz CT molecular complexity index is 2140. The third-order valence-electron chi connectivity index (χ3n) is 15.6. The molecule has 410 valence electrons. The fourth-order valence-electron chi connectivity index (χ4n) is 11.6. The van der Waals surface area contributed by atoms with E-state index in [1.165, 1.54) is 6.20 Å². The summed E-state index contributed by atoms with van der Waals surface area (Å²) in [4.78, 5) is 43.3. The van der Waals surface area contributed by atoms with Crippen molar-refractivity contribution in [3.63, 3.8) is 0 Å². The van der Waals surface area contributed by atoms with Crippen LogP contribution in [-0.4, -0.2) is 177 Å². The standard InChI is InChI=1S/C54H88IN3O14/c1-15-42-45(35(7)59)46(60)34(6)57(13)28-30(2)26-54(10,65)49(72-43-25-38(56(11)12)23-31(3)68-43)32(4)48(33(5)52(64)70-42)71-44-27-53(9,55)50(36(8)69-44)67-22-21-66-20-16-17-37-18-19-41-39(24-37)47(61)40(51(62)63)29-58(41)14/h18-19,24,29-36,38,42-46,48-50,55,59-60,65H,15-17,20-23,25-28H2,1-14H3/p+1/t30-,31-,32+,33-,34-,35+,36+,38+,42-,43+,44+,45?,46+,48+,49-,50+,53?,54-/m1/s1. The van der Waals surface area contributed by atoms with E-state index in [0.29, 0.717) is 75.8 Å². The van der Waals surface area contributed by atoms with Crippen LogP contribution in [0.5, 0.6) is 0 Å². The number of benzene rings is 1. The molecule has 4 N–H and O–H groups in total. The first-order valence-corrected chi connectivity index (χ1v) is 27.4. The number of carboxylic acid groups (broad SMARTS) is 1. The number of pyridine rings is 1. The Morgan fingerprint density at radius 3 is 2.29 bits per heavy atom. The van der Waals surface area contributed by atoms with Crippen molar-refractivity contribution in [3.8, 4) is 0 Å². The summed E-state index contributed by atoms with van der Waals surface area (Å²) in [6.07, 6.45) is -1.62. The smallest absolute Gasteiger partial charge is 0.341 e. The number of rotatable bonds is 16. The van der Waals surface area contributed by atoms with Crippen molar-refractivity contribution in [2.24, 2.45) is 30.7 Å². The zero-order chi connectivity index (χ0) is 53.6. The molecule has 4 heterocycles. The largest absolute Gasteiger partial charge is 0.477 e. The van der Waals surface area contributed by atoms with Gasteiger partial charge in [0.2, 0.25) is 5.43 Å². The van der Waals surface area contributed by atoms with Gasteiger partial charge in [0, 0.05) is 62.1 Å². The summed E-state index contributed by atoms with van der Waals surface area (Å²) in [5, 5.41) is 45.6. The van der Waals surface area contributed by atoms with E-state index >= 15 is 0 Å². The number of carboxylic acids is 1. The highest BCUT2D eigenvalue weighted by atomic mass is 127. The molecule has 72 heavy (non-hydrogen) atoms. The number of aryl methyl sites for hydroxylation is 2. The maximum Gasteiger partial charge on any atom is 0.341 e. The lowest BCUT2D eigenvalue weighted by Crippen LogP contribution is -3.44. The molecule has 2 unspecified atom stereocenters. The molecule has 3 aliphatic rings. The van der Waals surface area contributed by atoms with Crippen molar-refractivity contribution >= 4 is 22.8 Å². The van der Waals surface area contributed by atoms with Gasteiger partial charge in [0.1, 0.15) is 17.8 Å². The molecule has 17 nitrogen and oxygen atoms in total. The maximum atomic E-state index is 14.6. The number of alkyl halides is 1. The number of halogens is 1. The van der Waals surface area contributed by atoms with Crippen molar-refractivity contribution in [3.05, 3.63) is 45.7 Å². The zero-order valence-electron chi connectivity index (χ0n) is 45.4. The van der Waals surface area contributed by atoms with Crippen LogP contribution in [0.25, 0.3) is 10.9 Å². The van der Waals surface area contributed by atoms with Gasteiger partial charge in [-0.3, -0.25) is 9.59 Å². The van der Waals surface area contributed by atoms with Crippen molar-refractivity contribution in [1.82, 2.24) is 14.4 Å². The number of fused-ring (bicyclic) bond motifs is 1. The number of cyclic esters (lactones) is 1. The Morgan fingerprint density at radius 1 is 0.972 bits per heavy atom. The van der Waals surface area contributed by atoms with Crippen LogP contribution in [-0.2, 0) is 51.4 Å². The van der Waals surface area contributed by atoms with Crippen molar-refractivity contribution < 1.29 is 85.8 Å². The SMILES string of the molecule is CC[C@H]1OC(=O)[C@H](C)[C@@H](O[C@H]2CC(C)([IH+])[C@@H](OCCOCCCc3ccc4c(c3)c(=O)c(C(=O)O)cn4C)[C@H](C)O2)[C@H](C)[C@@H](O[C@H]2C[C@@H](N(C)C)C[C@@H](C)O2)[C@](C)(O)C[C@@H](C)CN(C)[C@H](C)[C@H](O)C1[C@H](C)O. The Kier molecular flexibility index (Phi) is 22.0. The lowest BCUT2D eigenvalue weighted by atomic mass is 9.77. The summed E-state index contributed by atoms with van der Waals surface area (Å²) in [6, 6.07) is 5.33. The van der Waals surface area contributed by atoms with Gasteiger partial charge >= 0.3 is 11.9 Å². The Balaban J connectivity index is 1.33. The summed E-state index contributed by atoms with van der Waals surface area (Å²) in [5.74, 6) is -4.16. The van der Waals surface area contributed by atoms with E-state index in [1.807, 2.05) is 95.4 Å². The normalized spacial score (nSPS) is 37.5. The molecule has 0 aliphatic carbocycles. The number of carbonyl (C=O) groups is 2. The third-order valence-corrected chi connectivity index (χ3v) is 16.7. The lowest BCUT2D eigenvalue weighted by molar-refractivity contribution is -0.519. The predicted molar refractivity (Wildman–Crippen MR) is 271 cm³/mol. The van der Waals surface area contributed by atoms with Crippen LogP contribution < -0.4 is 28.0 Å². The Hall–Kier alpha value is -2.34. The lowest BCUT2D eigenvalue weighted by Gasteiger charge is -2.47. The minimum Gasteiger partial charge on any atom is -0.477 e. The first-order chi connectivity index (χ1) is 33.7. The van der Waals surface area contributed by atoms with Crippen LogP contribution >= 0.6 is 0 Å². The number of ether oxygens (including phenoxy) is 7. The van der Waals surface area contributed by atoms with Crippen molar-refractivity contribution in [2.45, 2.75) is 197 Å². The minimum absolute atomic E-state index is 0.0676. The number of hydrogen-bond donors (Lipinski definition) is 4. The monoisotopic (exact) mass is 1130 g/mol. The molecule has 2 aromatic rings. The molecular formula is C54H89IN3O14+. The Labute approximate surface area is 441 Å². The van der Waals surface area contributed by atoms with E-state index in [9.17, 15) is 34.8 Å². The van der Waals surface area contributed by atoms with Gasteiger partial charge in [0.05, 0.1) is 73.3 Å². The average Bonchev–Trinajstić information content (AvgIpc) is 3.29. The molecule has 1 aromatic heterocycles. The molecule has 3 aliphatic heterocycles. The van der Waals surface area contributed by atoms with E-state index in [2.05, 4.69) is 18.7 Å². The van der Waals surface area contributed by atoms with Crippen LogP contribution in [0.15, 0.2) is 29.2 Å². The number of hydrogen-bond acceptors (Lipinski definition) is 15. The van der Waals surface area contributed by atoms with Gasteiger partial charge in [-0.25, -0.2) is 4.79 Å². The minimum atomic E-state index is -1.44. The van der Waals surface area contributed by atoms with Gasteiger partial charge in [-0.05, 0) is 125 Å². The second-order valence-electron chi connectivity index (χ2n) is 22.2. The number of aromatic nitrogens is 1. The molecule has 3 fully saturated rings. The van der Waals surface area contributed by atoms with E-state index in [4.69, 9.17) is 33.2 Å². The summed E-state index contributed by atoms with van der Waals surface area (Å²) >= 11 is 2.01. The van der Waals surface area contributed by atoms with Crippen molar-refractivity contribution in [2.75, 3.05) is 47.5 Å². The summed E-state index contributed by atoms with van der Waals surface area (Å²) in [7, 11) is 7.74. The number of esters is 1. The van der Waals surface area contributed by atoms with E-state index < -0.39 is 99.4 Å². The maximum absolute atomic E-state index is 14.6. The number of nitrogens with zero attached hydrogens (tertiary/aromatic N) is 3. The molecule has 3 saturated heterocycles. The highest BCUT2D eigenvalue weighted by Gasteiger charge is 2.54. The summed E-state index contributed by atoms with van der Waals surface area (Å²) in [6.45, 7) is 20.7. The molecule has 0 spiro atoms. The molecular weight excluding hydrogens is 1040 g/mol. The second-order valence-corrected chi connectivity index (χ2v) is 24.9. The van der Waals surface area contributed by atoms with Crippen LogP contribution in [0.1, 0.15) is 124 Å². The van der Waals surface area contributed by atoms with E-state index in [1.54, 1.807) is 38.5 Å². The zero-order valence-corrected chi connectivity index (χ0v) is 47.8. The number of aliphatic hydroxyl groups excluding tert-OH is 2. The molecule has 0 bridgehead atoms. The van der Waals surface area contributed by atoms with Gasteiger partial charge in [-0.1, -0.05) is 26.8 Å². The van der Waals surface area contributed by atoms with Crippen LogP contribution in [0.4, 0.5) is 0 Å². The molecule has 0 radical (unpaired) electrons. The third kappa shape index (κ3) is 15.2. The summed E-state index contributed by atoms with van der Waals surface area (Å²) in [5.41, 5.74) is -0.616. The second kappa shape index (κ2) is 26.1. The van der Waals surface area contributed by atoms with Gasteiger partial charge in [0.25, 0.3) is 22.6 Å². The Morgan fingerprint density at radius 2 is 1.67 bits per heavy atom. The number of carbonyl (C=O) groups excluding carboxylic acids is 1. The van der Waals surface area contributed by atoms with Crippen molar-refractivity contribution in [1.29, 1.82) is 0 Å². The first kappa shape index (κ1) is 60.5. The van der Waals surface area contributed by atoms with Gasteiger partial charge in [0.15, 0.2) is 16.0 Å². The van der Waals surface area contributed by atoms with E-state index in [0.717, 1.165) is 12.0 Å². The fraction of sp³-hybridized carbons (Fsp3) is 0.796. The van der Waals surface area contributed by atoms with E-state index in [-0.39, 0.29) is 29.7 Å². The highest BCUT2D eigenvalue weighted by Crippen LogP contribution is 2.39. The first-order valence-electron chi connectivity index (χ1n) is 26.2. The van der Waals surface area contributed by atoms with Gasteiger partial charge in [-0.2, -0.15) is 0 Å². The fourth-order valence-corrected chi connectivity index (χ4v) is 12.8. The van der Waals surface area contributed by atoms with Gasteiger partial charge < -0.3 is 68.0 Å². The van der Waals surface area contributed by atoms with Gasteiger partial charge in [-0.15, -0.1) is 0 Å². The average molecular weight is 1130 g/mol. The highest BCUT2D eigenvalue weighted by molar-refractivity contribution is 5.92. The van der Waals surface area contributed by atoms with Crippen LogP contribution in [0.2, 0.25) is 0 Å². The quantitative estimate of drug-likeness (QED) is 0.0822. The number of likely N-dealkylation sites (N-methyl/N-ethyl adjacent to an activating group) is 1. The molecule has 5 rings (SSSR count). The molecule has 0 amide bonds. The van der Waals surface area contributed by atoms with Crippen LogP contribution in [0, 0.1) is 23.7 Å². The topological polar surface area (TPSA) is 208 Å². The number of aliphatic hydroxyl groups is 3. The predicted octanol–water partition coefficient (Wildman–Crippen LogP) is 2.04. The molecule has 0 saturated carbocycles. The van der Waals surface area contributed by atoms with Crippen LogP contribution in [0.3, 0.4) is 0 Å². The number of aromatic carboxylic acids is 1. The molecule has 1 aromatic carbocycles. The molecule has 18 atom stereocenters. The molecule has 18 heteroatoms.